The second kappa shape index (κ2) is 15.8. The molecule has 0 radical (unpaired) electrons. The number of carbonyl (C=O) groups is 6. The largest absolute Gasteiger partial charge is 0.455 e. The van der Waals surface area contributed by atoms with E-state index < -0.39 is 48.0 Å². The van der Waals surface area contributed by atoms with Crippen LogP contribution in [0.5, 0.6) is 23.0 Å². The minimum absolute atomic E-state index is 0.0125. The number of hydrogen-bond donors (Lipinski definition) is 0. The van der Waals surface area contributed by atoms with Gasteiger partial charge in [-0.25, -0.2) is 9.59 Å². The molecule has 0 amide bonds. The third-order valence-electron chi connectivity index (χ3n) is 5.95. The molecule has 0 aromatic heterocycles. The Hall–Kier alpha value is -5.26. The molecule has 3 rings (SSSR count). The van der Waals surface area contributed by atoms with Crippen LogP contribution in [-0.2, 0) is 38.2 Å². The molecule has 0 saturated heterocycles. The topological polar surface area (TPSA) is 158 Å². The normalized spacial score (nSPS) is 16.2. The number of carbonyl (C=O) groups excluding carboxylic acids is 6. The van der Waals surface area contributed by atoms with Crippen molar-refractivity contribution < 1.29 is 57.2 Å². The lowest BCUT2D eigenvalue weighted by Crippen LogP contribution is -2.37. The van der Waals surface area contributed by atoms with Crippen LogP contribution in [0.3, 0.4) is 0 Å². The van der Waals surface area contributed by atoms with E-state index in [0.29, 0.717) is 24.0 Å². The average Bonchev–Trinajstić information content (AvgIpc) is 2.93. The highest BCUT2D eigenvalue weighted by atomic mass is 16.6. The summed E-state index contributed by atoms with van der Waals surface area (Å²) in [5.74, 6) is -3.62. The maximum absolute atomic E-state index is 12.6. The van der Waals surface area contributed by atoms with E-state index in [2.05, 4.69) is 0 Å². The first-order valence-corrected chi connectivity index (χ1v) is 13.7. The first-order valence-electron chi connectivity index (χ1n) is 13.7. The fourth-order valence-electron chi connectivity index (χ4n) is 4.24. The number of hydrogen-bond acceptors (Lipinski definition) is 12. The predicted octanol–water partition coefficient (Wildman–Crippen LogP) is 4.51. The molecule has 2 atom stereocenters. The van der Waals surface area contributed by atoms with E-state index in [1.165, 1.54) is 76.3 Å². The highest BCUT2D eigenvalue weighted by Crippen LogP contribution is 2.31. The van der Waals surface area contributed by atoms with Gasteiger partial charge in [0.15, 0.2) is 23.0 Å². The molecule has 0 spiro atoms. The van der Waals surface area contributed by atoms with E-state index in [0.717, 1.165) is 12.8 Å². The molecule has 0 heterocycles. The lowest BCUT2D eigenvalue weighted by atomic mass is 9.94. The van der Waals surface area contributed by atoms with Crippen LogP contribution in [-0.4, -0.2) is 48.0 Å². The highest BCUT2D eigenvalue weighted by Gasteiger charge is 2.30. The van der Waals surface area contributed by atoms with Crippen LogP contribution in [0.1, 0.15) is 64.5 Å². The van der Waals surface area contributed by atoms with Crippen LogP contribution < -0.4 is 18.9 Å². The molecule has 0 bridgehead atoms. The molecule has 12 heteroatoms. The third-order valence-corrected chi connectivity index (χ3v) is 5.95. The number of benzene rings is 2. The van der Waals surface area contributed by atoms with Crippen molar-refractivity contribution in [3.63, 3.8) is 0 Å². The van der Waals surface area contributed by atoms with Crippen molar-refractivity contribution in [2.45, 2.75) is 65.6 Å². The Labute approximate surface area is 253 Å². The van der Waals surface area contributed by atoms with E-state index in [4.69, 9.17) is 28.4 Å². The zero-order valence-corrected chi connectivity index (χ0v) is 24.7. The average molecular weight is 609 g/mol. The summed E-state index contributed by atoms with van der Waals surface area (Å²) in [5, 5.41) is 0. The molecule has 12 nitrogen and oxygen atoms in total. The molecular weight excluding hydrogens is 576 g/mol. The van der Waals surface area contributed by atoms with Crippen molar-refractivity contribution in [3.05, 3.63) is 59.7 Å². The Balaban J connectivity index is 1.64. The van der Waals surface area contributed by atoms with Gasteiger partial charge in [0, 0.05) is 39.8 Å². The Morgan fingerprint density at radius 3 is 1.23 bits per heavy atom. The molecule has 2 aromatic carbocycles. The number of ether oxygens (including phenoxy) is 6. The molecule has 232 valence electrons. The Morgan fingerprint density at radius 1 is 0.545 bits per heavy atom. The summed E-state index contributed by atoms with van der Waals surface area (Å²) >= 11 is 0. The molecule has 1 aliphatic carbocycles. The SMILES string of the molecule is CC(=O)Oc1ccc(C=CC(=O)O[C@H]2CCCC[C@@H]2OC(=O)C=Cc2ccc(OC(C)=O)c(OC(C)=O)c2)cc1OC(C)=O. The summed E-state index contributed by atoms with van der Waals surface area (Å²) in [6, 6.07) is 8.85. The molecular formula is C32H32O12. The second-order valence-corrected chi connectivity index (χ2v) is 9.69. The van der Waals surface area contributed by atoms with E-state index in [1.807, 2.05) is 0 Å². The monoisotopic (exact) mass is 608 g/mol. The maximum atomic E-state index is 12.6. The van der Waals surface area contributed by atoms with Gasteiger partial charge in [-0.1, -0.05) is 12.1 Å². The van der Waals surface area contributed by atoms with Gasteiger partial charge in [-0.3, -0.25) is 19.2 Å². The molecule has 0 aliphatic heterocycles. The molecule has 0 N–H and O–H groups in total. The van der Waals surface area contributed by atoms with E-state index in [-0.39, 0.29) is 23.0 Å². The van der Waals surface area contributed by atoms with E-state index >= 15 is 0 Å². The smallest absolute Gasteiger partial charge is 0.331 e. The standard InChI is InChI=1S/C32H32O12/c1-19(33)39-27-13-9-23(17-29(27)41-21(3)35)11-15-31(37)43-25-7-5-6-8-26(25)44-32(38)16-12-24-10-14-28(40-20(2)34)30(18-24)42-22(4)36/h9-18,25-26H,5-8H2,1-4H3/t25-,26-/m0/s1. The quantitative estimate of drug-likeness (QED) is 0.211. The maximum Gasteiger partial charge on any atom is 0.331 e. The predicted molar refractivity (Wildman–Crippen MR) is 154 cm³/mol. The summed E-state index contributed by atoms with van der Waals surface area (Å²) < 4.78 is 31.4. The fraction of sp³-hybridized carbons (Fsp3) is 0.312. The van der Waals surface area contributed by atoms with E-state index in [9.17, 15) is 28.8 Å². The molecule has 1 aliphatic rings. The van der Waals surface area contributed by atoms with Gasteiger partial charge < -0.3 is 28.4 Å². The van der Waals surface area contributed by atoms with Crippen molar-refractivity contribution in [2.75, 3.05) is 0 Å². The molecule has 2 aromatic rings. The van der Waals surface area contributed by atoms with Crippen molar-refractivity contribution in [2.24, 2.45) is 0 Å². The van der Waals surface area contributed by atoms with Crippen molar-refractivity contribution in [1.29, 1.82) is 0 Å². The third kappa shape index (κ3) is 10.9. The zero-order valence-electron chi connectivity index (χ0n) is 24.7. The minimum Gasteiger partial charge on any atom is -0.455 e. The summed E-state index contributed by atoms with van der Waals surface area (Å²) in [4.78, 5) is 70.7. The lowest BCUT2D eigenvalue weighted by molar-refractivity contribution is -0.165. The Morgan fingerprint density at radius 2 is 0.886 bits per heavy atom. The van der Waals surface area contributed by atoms with Crippen molar-refractivity contribution in [3.8, 4) is 23.0 Å². The van der Waals surface area contributed by atoms with Gasteiger partial charge in [-0.2, -0.15) is 0 Å². The van der Waals surface area contributed by atoms with Gasteiger partial charge in [0.1, 0.15) is 12.2 Å². The molecule has 1 fully saturated rings. The fourth-order valence-corrected chi connectivity index (χ4v) is 4.24. The van der Waals surface area contributed by atoms with Crippen LogP contribution in [0.4, 0.5) is 0 Å². The van der Waals surface area contributed by atoms with Gasteiger partial charge in [0.2, 0.25) is 0 Å². The van der Waals surface area contributed by atoms with E-state index in [1.54, 1.807) is 12.1 Å². The van der Waals surface area contributed by atoms with Crippen LogP contribution in [0.15, 0.2) is 48.6 Å². The summed E-state index contributed by atoms with van der Waals surface area (Å²) in [6.07, 6.45) is 6.48. The highest BCUT2D eigenvalue weighted by molar-refractivity contribution is 5.88. The van der Waals surface area contributed by atoms with Gasteiger partial charge in [-0.05, 0) is 73.2 Å². The van der Waals surface area contributed by atoms with Crippen LogP contribution in [0, 0.1) is 0 Å². The minimum atomic E-state index is -0.669. The zero-order chi connectivity index (χ0) is 32.2. The van der Waals surface area contributed by atoms with Gasteiger partial charge >= 0.3 is 35.8 Å². The van der Waals surface area contributed by atoms with Crippen molar-refractivity contribution >= 4 is 48.0 Å². The molecule has 0 unspecified atom stereocenters. The lowest BCUT2D eigenvalue weighted by Gasteiger charge is -2.30. The van der Waals surface area contributed by atoms with Crippen molar-refractivity contribution in [1.82, 2.24) is 0 Å². The summed E-state index contributed by atoms with van der Waals surface area (Å²) in [7, 11) is 0. The van der Waals surface area contributed by atoms with Gasteiger partial charge in [0.25, 0.3) is 0 Å². The summed E-state index contributed by atoms with van der Waals surface area (Å²) in [5.41, 5.74) is 0.951. The molecule has 1 saturated carbocycles. The second-order valence-electron chi connectivity index (χ2n) is 9.69. The first-order chi connectivity index (χ1) is 20.9. The number of rotatable bonds is 10. The van der Waals surface area contributed by atoms with Crippen LogP contribution in [0.25, 0.3) is 12.2 Å². The Bertz CT molecular complexity index is 1370. The Kier molecular flexibility index (Phi) is 12.0. The van der Waals surface area contributed by atoms with Gasteiger partial charge in [0.05, 0.1) is 0 Å². The van der Waals surface area contributed by atoms with Crippen LogP contribution in [0.2, 0.25) is 0 Å². The summed E-state index contributed by atoms with van der Waals surface area (Å²) in [6.45, 7) is 4.82. The number of esters is 6. The molecule has 44 heavy (non-hydrogen) atoms. The van der Waals surface area contributed by atoms with Gasteiger partial charge in [-0.15, -0.1) is 0 Å². The van der Waals surface area contributed by atoms with Crippen LogP contribution >= 0.6 is 0 Å². The first kappa shape index (κ1) is 33.2.